The minimum Gasteiger partial charge on any atom is -0.489 e. The minimum absolute atomic E-state index is 0.0246. The summed E-state index contributed by atoms with van der Waals surface area (Å²) in [4.78, 5) is 42.2. The maximum atomic E-state index is 13.0. The van der Waals surface area contributed by atoms with E-state index in [0.29, 0.717) is 30.8 Å². The monoisotopic (exact) mass is 491 g/mol. The lowest BCUT2D eigenvalue weighted by molar-refractivity contribution is -0.142. The molecule has 2 amide bonds. The Bertz CT molecular complexity index is 1270. The van der Waals surface area contributed by atoms with Gasteiger partial charge in [0.15, 0.2) is 0 Å². The molecule has 0 unspecified atom stereocenters. The van der Waals surface area contributed by atoms with Crippen molar-refractivity contribution in [2.75, 3.05) is 20.2 Å². The van der Waals surface area contributed by atoms with Crippen molar-refractivity contribution in [1.29, 1.82) is 0 Å². The number of carbonyl (C=O) groups is 3. The van der Waals surface area contributed by atoms with E-state index in [0.717, 1.165) is 22.2 Å². The molecule has 1 saturated heterocycles. The number of nitrogens with one attached hydrogen (secondary N) is 1. The fourth-order valence-corrected chi connectivity index (χ4v) is 4.51. The lowest BCUT2D eigenvalue weighted by Crippen LogP contribution is -2.57. The fraction of sp³-hybridized carbons (Fsp3) is 0.333. The topological polar surface area (TPSA) is 118 Å². The van der Waals surface area contributed by atoms with E-state index in [1.807, 2.05) is 37.3 Å². The largest absolute Gasteiger partial charge is 0.489 e. The summed E-state index contributed by atoms with van der Waals surface area (Å²) in [5.41, 5.74) is 2.40. The molecule has 2 N–H and O–H groups in total. The van der Waals surface area contributed by atoms with Gasteiger partial charge in [-0.3, -0.25) is 14.6 Å². The summed E-state index contributed by atoms with van der Waals surface area (Å²) in [5, 5.41) is 13.2. The summed E-state index contributed by atoms with van der Waals surface area (Å²) in [6, 6.07) is 16.7. The molecule has 0 saturated carbocycles. The molecule has 1 aliphatic heterocycles. The van der Waals surface area contributed by atoms with Gasteiger partial charge in [0.05, 0.1) is 24.6 Å². The minimum atomic E-state index is -1.02. The van der Waals surface area contributed by atoms with Crippen LogP contribution in [0.5, 0.6) is 5.75 Å². The molecule has 36 heavy (non-hydrogen) atoms. The molecule has 1 aromatic heterocycles. The highest BCUT2D eigenvalue weighted by atomic mass is 16.5. The number of likely N-dealkylation sites (tertiary alicyclic amines) is 1. The van der Waals surface area contributed by atoms with E-state index < -0.39 is 17.6 Å². The Morgan fingerprint density at radius 3 is 2.44 bits per heavy atom. The zero-order valence-electron chi connectivity index (χ0n) is 20.3. The number of aryl methyl sites for hydroxylation is 1. The van der Waals surface area contributed by atoms with E-state index in [9.17, 15) is 19.5 Å². The second-order valence-corrected chi connectivity index (χ2v) is 9.01. The smallest absolute Gasteiger partial charge is 0.407 e. The second-order valence-electron chi connectivity index (χ2n) is 9.01. The van der Waals surface area contributed by atoms with Crippen LogP contribution in [0.3, 0.4) is 0 Å². The number of ether oxygens (including phenoxy) is 2. The van der Waals surface area contributed by atoms with Crippen LogP contribution in [0.4, 0.5) is 4.79 Å². The van der Waals surface area contributed by atoms with E-state index in [4.69, 9.17) is 9.47 Å². The van der Waals surface area contributed by atoms with Crippen molar-refractivity contribution in [2.24, 2.45) is 0 Å². The number of benzene rings is 2. The third-order valence-electron chi connectivity index (χ3n) is 6.52. The average Bonchev–Trinajstić information content (AvgIpc) is 2.87. The van der Waals surface area contributed by atoms with Gasteiger partial charge >= 0.3 is 12.1 Å². The van der Waals surface area contributed by atoms with E-state index >= 15 is 0 Å². The van der Waals surface area contributed by atoms with Crippen molar-refractivity contribution in [3.05, 3.63) is 71.4 Å². The molecule has 4 rings (SSSR count). The van der Waals surface area contributed by atoms with E-state index in [1.165, 1.54) is 12.0 Å². The fourth-order valence-electron chi connectivity index (χ4n) is 4.51. The van der Waals surface area contributed by atoms with Crippen molar-refractivity contribution in [3.63, 3.8) is 0 Å². The SMILES string of the molecule is COC(=O)CC1(NC(=O)c2ccc(OCc3cc(C)nc4ccccc34)cc2)CCN(C(=O)O)CC1. The third kappa shape index (κ3) is 5.73. The van der Waals surface area contributed by atoms with E-state index in [-0.39, 0.29) is 25.4 Å². The summed E-state index contributed by atoms with van der Waals surface area (Å²) in [6.45, 7) is 2.75. The Balaban J connectivity index is 1.43. The molecule has 2 aromatic carbocycles. The second kappa shape index (κ2) is 10.6. The number of para-hydroxylation sites is 1. The van der Waals surface area contributed by atoms with E-state index in [2.05, 4.69) is 10.3 Å². The maximum absolute atomic E-state index is 13.0. The number of piperidine rings is 1. The Morgan fingerprint density at radius 1 is 1.08 bits per heavy atom. The first-order chi connectivity index (χ1) is 17.3. The quantitative estimate of drug-likeness (QED) is 0.481. The van der Waals surface area contributed by atoms with Gasteiger partial charge in [-0.15, -0.1) is 0 Å². The van der Waals surface area contributed by atoms with Crippen LogP contribution in [-0.4, -0.2) is 58.7 Å². The number of esters is 1. The van der Waals surface area contributed by atoms with Crippen LogP contribution < -0.4 is 10.1 Å². The van der Waals surface area contributed by atoms with Crippen LogP contribution in [0, 0.1) is 6.92 Å². The lowest BCUT2D eigenvalue weighted by atomic mass is 9.84. The zero-order chi connectivity index (χ0) is 25.7. The molecule has 188 valence electrons. The van der Waals surface area contributed by atoms with E-state index in [1.54, 1.807) is 24.3 Å². The van der Waals surface area contributed by atoms with Crippen LogP contribution in [0.2, 0.25) is 0 Å². The van der Waals surface area contributed by atoms with Crippen molar-refractivity contribution in [1.82, 2.24) is 15.2 Å². The number of hydrogen-bond acceptors (Lipinski definition) is 6. The summed E-state index contributed by atoms with van der Waals surface area (Å²) >= 11 is 0. The number of carboxylic acid groups (broad SMARTS) is 1. The maximum Gasteiger partial charge on any atom is 0.407 e. The summed E-state index contributed by atoms with van der Waals surface area (Å²) in [6.07, 6.45) is -0.400. The van der Waals surface area contributed by atoms with Crippen LogP contribution in [0.1, 0.15) is 40.9 Å². The van der Waals surface area contributed by atoms with Crippen molar-refractivity contribution >= 4 is 28.9 Å². The predicted molar refractivity (Wildman–Crippen MR) is 133 cm³/mol. The number of aromatic nitrogens is 1. The first kappa shape index (κ1) is 25.0. The van der Waals surface area contributed by atoms with Crippen LogP contribution in [0.25, 0.3) is 10.9 Å². The average molecular weight is 492 g/mol. The number of methoxy groups -OCH3 is 1. The van der Waals surface area contributed by atoms with Gasteiger partial charge in [0.25, 0.3) is 5.91 Å². The Kier molecular flexibility index (Phi) is 7.38. The molecule has 0 spiro atoms. The Labute approximate surface area is 209 Å². The first-order valence-electron chi connectivity index (χ1n) is 11.7. The highest BCUT2D eigenvalue weighted by Gasteiger charge is 2.39. The summed E-state index contributed by atoms with van der Waals surface area (Å²) in [5.74, 6) is -0.184. The third-order valence-corrected chi connectivity index (χ3v) is 6.52. The van der Waals surface area contributed by atoms with Crippen molar-refractivity contribution < 1.29 is 29.0 Å². The van der Waals surface area contributed by atoms with Gasteiger partial charge < -0.3 is 24.8 Å². The molecule has 9 heteroatoms. The number of amides is 2. The molecule has 3 aromatic rings. The first-order valence-corrected chi connectivity index (χ1v) is 11.7. The molecule has 2 heterocycles. The van der Waals surface area contributed by atoms with Crippen LogP contribution in [0.15, 0.2) is 54.6 Å². The molecule has 1 aliphatic rings. The highest BCUT2D eigenvalue weighted by molar-refractivity contribution is 5.95. The molecule has 0 aliphatic carbocycles. The summed E-state index contributed by atoms with van der Waals surface area (Å²) < 4.78 is 10.8. The molecular weight excluding hydrogens is 462 g/mol. The van der Waals surface area contributed by atoms with Crippen molar-refractivity contribution in [3.8, 4) is 5.75 Å². The highest BCUT2D eigenvalue weighted by Crippen LogP contribution is 2.28. The number of rotatable bonds is 7. The predicted octanol–water partition coefficient (Wildman–Crippen LogP) is 3.93. The van der Waals surface area contributed by atoms with Gasteiger partial charge in [-0.2, -0.15) is 0 Å². The Morgan fingerprint density at radius 2 is 1.78 bits per heavy atom. The lowest BCUT2D eigenvalue weighted by Gasteiger charge is -2.40. The van der Waals surface area contributed by atoms with Gasteiger partial charge in [0.2, 0.25) is 0 Å². The number of pyridine rings is 1. The number of hydrogen-bond donors (Lipinski definition) is 2. The number of carbonyl (C=O) groups excluding carboxylic acids is 2. The van der Waals surface area contributed by atoms with Gasteiger partial charge in [-0.25, -0.2) is 4.79 Å². The molecule has 0 atom stereocenters. The van der Waals surface area contributed by atoms with Crippen LogP contribution in [-0.2, 0) is 16.1 Å². The molecule has 1 fully saturated rings. The Hall–Kier alpha value is -4.14. The van der Waals surface area contributed by atoms with Gasteiger partial charge in [-0.05, 0) is 56.2 Å². The molecule has 0 bridgehead atoms. The molecular formula is C27H29N3O6. The van der Waals surface area contributed by atoms with Crippen LogP contribution >= 0.6 is 0 Å². The number of fused-ring (bicyclic) bond motifs is 1. The van der Waals surface area contributed by atoms with Gasteiger partial charge in [-0.1, -0.05) is 18.2 Å². The normalized spacial score (nSPS) is 14.8. The summed E-state index contributed by atoms with van der Waals surface area (Å²) in [7, 11) is 1.29. The van der Waals surface area contributed by atoms with Crippen molar-refractivity contribution in [2.45, 2.75) is 38.3 Å². The zero-order valence-corrected chi connectivity index (χ0v) is 20.3. The van der Waals surface area contributed by atoms with Gasteiger partial charge in [0, 0.05) is 35.3 Å². The standard InChI is InChI=1S/C27H29N3O6/c1-18-15-20(22-5-3-4-6-23(22)28-18)17-36-21-9-7-19(8-10-21)25(32)29-27(16-24(31)35-2)11-13-30(14-12-27)26(33)34/h3-10,15H,11-14,16-17H2,1-2H3,(H,29,32)(H,33,34). The molecule has 9 nitrogen and oxygen atoms in total. The molecule has 0 radical (unpaired) electrons. The number of nitrogens with zero attached hydrogens (tertiary/aromatic N) is 2. The van der Waals surface area contributed by atoms with Gasteiger partial charge in [0.1, 0.15) is 12.4 Å².